The lowest BCUT2D eigenvalue weighted by Crippen LogP contribution is -2.48. The summed E-state index contributed by atoms with van der Waals surface area (Å²) in [5, 5.41) is 7.06. The van der Waals surface area contributed by atoms with Crippen LogP contribution in [-0.2, 0) is 19.6 Å². The summed E-state index contributed by atoms with van der Waals surface area (Å²) in [6.07, 6.45) is 2.30. The van der Waals surface area contributed by atoms with E-state index in [1.807, 2.05) is 0 Å². The van der Waals surface area contributed by atoms with Crippen molar-refractivity contribution in [1.29, 1.82) is 0 Å². The van der Waals surface area contributed by atoms with Gasteiger partial charge in [0.1, 0.15) is 0 Å². The van der Waals surface area contributed by atoms with Crippen LogP contribution in [0.4, 0.5) is 0 Å². The Morgan fingerprint density at radius 2 is 1.63 bits per heavy atom. The molecule has 1 heterocycles. The van der Waals surface area contributed by atoms with Gasteiger partial charge in [-0.15, -0.1) is 0 Å². The fourth-order valence-electron chi connectivity index (χ4n) is 3.88. The number of rotatable bonds is 8. The second-order valence-electron chi connectivity index (χ2n) is 8.43. The van der Waals surface area contributed by atoms with Crippen molar-refractivity contribution in [1.82, 2.24) is 20.4 Å². The Morgan fingerprint density at radius 3 is 2.27 bits per heavy atom. The lowest BCUT2D eigenvalue weighted by atomic mass is 10.0. The summed E-state index contributed by atoms with van der Waals surface area (Å²) in [6, 6.07) is 20.0. The van der Waals surface area contributed by atoms with Gasteiger partial charge >= 0.3 is 0 Å². The molecule has 1 aliphatic heterocycles. The molecule has 5 heteroatoms. The number of piperidine rings is 1. The van der Waals surface area contributed by atoms with Crippen LogP contribution in [0.5, 0.6) is 0 Å². The van der Waals surface area contributed by atoms with Crippen molar-refractivity contribution in [2.24, 2.45) is 4.99 Å². The molecule has 30 heavy (non-hydrogen) atoms. The normalized spacial score (nSPS) is 16.1. The van der Waals surface area contributed by atoms with Crippen LogP contribution in [0.2, 0.25) is 0 Å². The standard InChI is InChI=1S/C25H37N5/c1-4-26-25(27-18-21-10-12-23(13-11-21)19-29(2)3)28-24-14-16-30(17-15-24)20-22-8-6-5-7-9-22/h5-13,24H,4,14-20H2,1-3H3,(H2,26,27,28). The minimum atomic E-state index is 0.484. The number of hydrogen-bond donors (Lipinski definition) is 2. The molecule has 162 valence electrons. The Hall–Kier alpha value is -2.37. The van der Waals surface area contributed by atoms with E-state index in [1.165, 1.54) is 16.7 Å². The molecule has 0 unspecified atom stereocenters. The lowest BCUT2D eigenvalue weighted by Gasteiger charge is -2.33. The number of hydrogen-bond acceptors (Lipinski definition) is 3. The lowest BCUT2D eigenvalue weighted by molar-refractivity contribution is 0.198. The van der Waals surface area contributed by atoms with Gasteiger partial charge in [0.2, 0.25) is 0 Å². The number of nitrogens with zero attached hydrogens (tertiary/aromatic N) is 3. The van der Waals surface area contributed by atoms with Gasteiger partial charge in [-0.2, -0.15) is 0 Å². The van der Waals surface area contributed by atoms with Crippen LogP contribution in [0.15, 0.2) is 59.6 Å². The molecule has 0 spiro atoms. The Labute approximate surface area is 182 Å². The highest BCUT2D eigenvalue weighted by Gasteiger charge is 2.20. The number of likely N-dealkylation sites (tertiary alicyclic amines) is 1. The molecule has 0 atom stereocenters. The van der Waals surface area contributed by atoms with Crippen molar-refractivity contribution in [3.05, 3.63) is 71.3 Å². The van der Waals surface area contributed by atoms with Crippen LogP contribution in [0.25, 0.3) is 0 Å². The van der Waals surface area contributed by atoms with Gasteiger partial charge < -0.3 is 15.5 Å². The Kier molecular flexibility index (Phi) is 8.72. The maximum atomic E-state index is 4.83. The molecule has 1 saturated heterocycles. The molecule has 2 aromatic rings. The van der Waals surface area contributed by atoms with E-state index in [-0.39, 0.29) is 0 Å². The quantitative estimate of drug-likeness (QED) is 0.519. The third-order valence-electron chi connectivity index (χ3n) is 5.46. The van der Waals surface area contributed by atoms with E-state index in [9.17, 15) is 0 Å². The number of nitrogens with one attached hydrogen (secondary N) is 2. The second kappa shape index (κ2) is 11.7. The van der Waals surface area contributed by atoms with Crippen LogP contribution in [0.3, 0.4) is 0 Å². The highest BCUT2D eigenvalue weighted by atomic mass is 15.2. The van der Waals surface area contributed by atoms with E-state index in [4.69, 9.17) is 4.99 Å². The summed E-state index contributed by atoms with van der Waals surface area (Å²) < 4.78 is 0. The largest absolute Gasteiger partial charge is 0.357 e. The van der Waals surface area contributed by atoms with Gasteiger partial charge in [-0.3, -0.25) is 4.90 Å². The maximum Gasteiger partial charge on any atom is 0.191 e. The molecule has 3 rings (SSSR count). The van der Waals surface area contributed by atoms with Crippen molar-refractivity contribution in [3.8, 4) is 0 Å². The summed E-state index contributed by atoms with van der Waals surface area (Å²) in [6.45, 7) is 7.96. The molecule has 1 fully saturated rings. The van der Waals surface area contributed by atoms with Crippen molar-refractivity contribution >= 4 is 5.96 Å². The zero-order chi connectivity index (χ0) is 21.2. The van der Waals surface area contributed by atoms with E-state index < -0.39 is 0 Å². The van der Waals surface area contributed by atoms with E-state index in [0.717, 1.165) is 51.5 Å². The monoisotopic (exact) mass is 407 g/mol. The molecule has 0 amide bonds. The molecule has 0 aromatic heterocycles. The van der Waals surface area contributed by atoms with Gasteiger partial charge in [0.25, 0.3) is 0 Å². The van der Waals surface area contributed by atoms with Gasteiger partial charge in [0, 0.05) is 38.8 Å². The van der Waals surface area contributed by atoms with Crippen molar-refractivity contribution in [2.75, 3.05) is 33.7 Å². The third-order valence-corrected chi connectivity index (χ3v) is 5.46. The fourth-order valence-corrected chi connectivity index (χ4v) is 3.88. The Bertz CT molecular complexity index is 762. The SMILES string of the molecule is CCNC(=NCc1ccc(CN(C)C)cc1)NC1CCN(Cc2ccccc2)CC1. The van der Waals surface area contributed by atoms with Crippen LogP contribution < -0.4 is 10.6 Å². The number of benzene rings is 2. The first-order valence-electron chi connectivity index (χ1n) is 11.2. The molecule has 0 bridgehead atoms. The first-order chi connectivity index (χ1) is 14.6. The predicted octanol–water partition coefficient (Wildman–Crippen LogP) is 3.47. The van der Waals surface area contributed by atoms with Crippen molar-refractivity contribution < 1.29 is 0 Å². The van der Waals surface area contributed by atoms with Crippen molar-refractivity contribution in [3.63, 3.8) is 0 Å². The highest BCUT2D eigenvalue weighted by molar-refractivity contribution is 5.80. The molecular formula is C25H37N5. The van der Waals surface area contributed by atoms with Gasteiger partial charge in [-0.1, -0.05) is 54.6 Å². The topological polar surface area (TPSA) is 42.9 Å². The Morgan fingerprint density at radius 1 is 0.967 bits per heavy atom. The zero-order valence-electron chi connectivity index (χ0n) is 18.8. The highest BCUT2D eigenvalue weighted by Crippen LogP contribution is 2.14. The summed E-state index contributed by atoms with van der Waals surface area (Å²) in [5.74, 6) is 0.927. The van der Waals surface area contributed by atoms with E-state index in [1.54, 1.807) is 0 Å². The summed E-state index contributed by atoms with van der Waals surface area (Å²) in [4.78, 5) is 9.56. The van der Waals surface area contributed by atoms with Gasteiger partial charge in [0.05, 0.1) is 6.54 Å². The maximum absolute atomic E-state index is 4.83. The molecule has 2 N–H and O–H groups in total. The average Bonchev–Trinajstić information content (AvgIpc) is 2.75. The molecule has 5 nitrogen and oxygen atoms in total. The van der Waals surface area contributed by atoms with Crippen LogP contribution in [0, 0.1) is 0 Å². The predicted molar refractivity (Wildman–Crippen MR) is 127 cm³/mol. The van der Waals surface area contributed by atoms with Gasteiger partial charge in [-0.25, -0.2) is 4.99 Å². The van der Waals surface area contributed by atoms with Gasteiger partial charge in [-0.05, 0) is 50.6 Å². The van der Waals surface area contributed by atoms with Crippen molar-refractivity contribution in [2.45, 2.75) is 45.4 Å². The molecule has 2 aromatic carbocycles. The van der Waals surface area contributed by atoms with Crippen LogP contribution in [0.1, 0.15) is 36.5 Å². The minimum absolute atomic E-state index is 0.484. The minimum Gasteiger partial charge on any atom is -0.357 e. The van der Waals surface area contributed by atoms with E-state index in [2.05, 4.69) is 96.0 Å². The van der Waals surface area contributed by atoms with E-state index >= 15 is 0 Å². The van der Waals surface area contributed by atoms with Crippen LogP contribution in [-0.4, -0.2) is 55.5 Å². The third kappa shape index (κ3) is 7.47. The smallest absolute Gasteiger partial charge is 0.191 e. The fraction of sp³-hybridized carbons (Fsp3) is 0.480. The molecular weight excluding hydrogens is 370 g/mol. The number of aliphatic imine (C=N–C) groups is 1. The van der Waals surface area contributed by atoms with Gasteiger partial charge in [0.15, 0.2) is 5.96 Å². The molecule has 0 radical (unpaired) electrons. The van der Waals surface area contributed by atoms with Crippen LogP contribution >= 0.6 is 0 Å². The second-order valence-corrected chi connectivity index (χ2v) is 8.43. The molecule has 0 aliphatic carbocycles. The zero-order valence-corrected chi connectivity index (χ0v) is 18.8. The molecule has 0 saturated carbocycles. The summed E-state index contributed by atoms with van der Waals surface area (Å²) >= 11 is 0. The summed E-state index contributed by atoms with van der Waals surface area (Å²) in [5.41, 5.74) is 3.97. The first-order valence-corrected chi connectivity index (χ1v) is 11.2. The Balaban J connectivity index is 1.48. The molecule has 1 aliphatic rings. The first kappa shape index (κ1) is 22.3. The number of guanidine groups is 1. The van der Waals surface area contributed by atoms with E-state index in [0.29, 0.717) is 12.6 Å². The summed E-state index contributed by atoms with van der Waals surface area (Å²) in [7, 11) is 4.19. The average molecular weight is 408 g/mol.